The third-order valence-corrected chi connectivity index (χ3v) is 7.27. The number of hydrogen-bond acceptors (Lipinski definition) is 10. The van der Waals surface area contributed by atoms with Crippen LogP contribution in [0.3, 0.4) is 0 Å². The van der Waals surface area contributed by atoms with Crippen molar-refractivity contribution in [2.75, 3.05) is 35.7 Å². The predicted molar refractivity (Wildman–Crippen MR) is 139 cm³/mol. The van der Waals surface area contributed by atoms with Gasteiger partial charge in [0.1, 0.15) is 16.5 Å². The molecule has 0 radical (unpaired) electrons. The summed E-state index contributed by atoms with van der Waals surface area (Å²) in [5.74, 6) is 0.365. The Kier molecular flexibility index (Phi) is 7.39. The maximum absolute atomic E-state index is 11.7. The van der Waals surface area contributed by atoms with Gasteiger partial charge in [0.15, 0.2) is 5.13 Å². The normalized spacial score (nSPS) is 14.8. The number of esters is 1. The number of thiazole rings is 1. The van der Waals surface area contributed by atoms with Crippen LogP contribution in [-0.2, 0) is 11.3 Å². The molecule has 0 aliphatic carbocycles. The van der Waals surface area contributed by atoms with Gasteiger partial charge in [-0.25, -0.2) is 14.6 Å². The summed E-state index contributed by atoms with van der Waals surface area (Å²) >= 11 is 1.05. The molecule has 36 heavy (non-hydrogen) atoms. The van der Waals surface area contributed by atoms with Crippen molar-refractivity contribution in [2.24, 2.45) is 5.41 Å². The molecule has 3 N–H and O–H groups in total. The van der Waals surface area contributed by atoms with Crippen LogP contribution >= 0.6 is 11.3 Å². The molecule has 3 heterocycles. The maximum Gasteiger partial charge on any atom is 0.347 e. The van der Waals surface area contributed by atoms with Crippen molar-refractivity contribution >= 4 is 46.0 Å². The van der Waals surface area contributed by atoms with Crippen LogP contribution < -0.4 is 15.5 Å². The van der Waals surface area contributed by atoms with Crippen molar-refractivity contribution in [3.8, 4) is 0 Å². The number of ether oxygens (including phenoxy) is 1. The van der Waals surface area contributed by atoms with E-state index >= 15 is 0 Å². The Morgan fingerprint density at radius 3 is 2.44 bits per heavy atom. The first-order valence-electron chi connectivity index (χ1n) is 11.7. The second-order valence-electron chi connectivity index (χ2n) is 9.49. The minimum atomic E-state index is -1.01. The van der Waals surface area contributed by atoms with E-state index in [-0.39, 0.29) is 10.8 Å². The van der Waals surface area contributed by atoms with Gasteiger partial charge in [-0.2, -0.15) is 9.97 Å². The molecule has 0 spiro atoms. The number of hydrogen-bond donors (Lipinski definition) is 3. The van der Waals surface area contributed by atoms with E-state index in [0.717, 1.165) is 48.6 Å². The SMILES string of the molecule is COC(=O)c1ccc(CNc2cc(N3CCC(C)(C)CC3)nc(Nc3nc(C)c(C(=O)O)s3)n2)cc1. The Balaban J connectivity index is 1.56. The zero-order valence-corrected chi connectivity index (χ0v) is 21.6. The summed E-state index contributed by atoms with van der Waals surface area (Å²) in [6, 6.07) is 9.09. The van der Waals surface area contributed by atoms with E-state index in [9.17, 15) is 14.7 Å². The number of piperidine rings is 1. The van der Waals surface area contributed by atoms with E-state index < -0.39 is 5.97 Å². The number of carbonyl (C=O) groups is 2. The topological polar surface area (TPSA) is 130 Å². The maximum atomic E-state index is 11.7. The van der Waals surface area contributed by atoms with Crippen molar-refractivity contribution in [1.82, 2.24) is 15.0 Å². The minimum absolute atomic E-state index is 0.181. The van der Waals surface area contributed by atoms with E-state index in [1.807, 2.05) is 18.2 Å². The van der Waals surface area contributed by atoms with Gasteiger partial charge in [-0.3, -0.25) is 5.32 Å². The average molecular weight is 511 g/mol. The molecule has 1 aromatic carbocycles. The summed E-state index contributed by atoms with van der Waals surface area (Å²) in [4.78, 5) is 39.1. The Morgan fingerprint density at radius 2 is 1.83 bits per heavy atom. The van der Waals surface area contributed by atoms with E-state index in [1.165, 1.54) is 7.11 Å². The van der Waals surface area contributed by atoms with Gasteiger partial charge >= 0.3 is 11.9 Å². The summed E-state index contributed by atoms with van der Waals surface area (Å²) < 4.78 is 4.75. The number of rotatable bonds is 8. The summed E-state index contributed by atoms with van der Waals surface area (Å²) in [7, 11) is 1.36. The molecule has 1 fully saturated rings. The van der Waals surface area contributed by atoms with Gasteiger partial charge in [0.2, 0.25) is 5.95 Å². The van der Waals surface area contributed by atoms with Crippen LogP contribution in [0.5, 0.6) is 0 Å². The summed E-state index contributed by atoms with van der Waals surface area (Å²) in [6.07, 6.45) is 2.12. The molecule has 2 aromatic heterocycles. The molecular weight excluding hydrogens is 480 g/mol. The van der Waals surface area contributed by atoms with Gasteiger partial charge in [-0.05, 0) is 42.9 Å². The highest BCUT2D eigenvalue weighted by Crippen LogP contribution is 2.33. The van der Waals surface area contributed by atoms with Gasteiger partial charge in [-0.15, -0.1) is 0 Å². The fourth-order valence-corrected chi connectivity index (χ4v) is 4.70. The van der Waals surface area contributed by atoms with Gasteiger partial charge < -0.3 is 20.1 Å². The molecule has 1 aliphatic rings. The first kappa shape index (κ1) is 25.4. The standard InChI is InChI=1S/C25H30N6O4S/c1-15-20(21(32)33)36-24(27-15)30-23-28-18(13-19(29-23)31-11-9-25(2,3)10-12-31)26-14-16-5-7-17(8-6-16)22(34)35-4/h5-8,13H,9-12,14H2,1-4H3,(H,32,33)(H2,26,27,28,29,30). The van der Waals surface area contributed by atoms with Crippen LogP contribution in [0, 0.1) is 12.3 Å². The second kappa shape index (κ2) is 10.5. The average Bonchev–Trinajstić information content (AvgIpc) is 3.22. The van der Waals surface area contributed by atoms with Gasteiger partial charge in [0, 0.05) is 25.7 Å². The number of nitrogens with zero attached hydrogens (tertiary/aromatic N) is 4. The van der Waals surface area contributed by atoms with Crippen molar-refractivity contribution in [3.63, 3.8) is 0 Å². The van der Waals surface area contributed by atoms with Crippen LogP contribution in [0.1, 0.15) is 58.0 Å². The number of aromatic nitrogens is 3. The van der Waals surface area contributed by atoms with Gasteiger partial charge in [0.25, 0.3) is 0 Å². The molecule has 190 valence electrons. The molecule has 0 saturated carbocycles. The largest absolute Gasteiger partial charge is 0.477 e. The summed E-state index contributed by atoms with van der Waals surface area (Å²) in [6.45, 7) is 8.48. The Labute approximate surface area is 213 Å². The number of nitrogens with one attached hydrogen (secondary N) is 2. The molecule has 0 atom stereocenters. The predicted octanol–water partition coefficient (Wildman–Crippen LogP) is 4.71. The highest BCUT2D eigenvalue weighted by molar-refractivity contribution is 7.17. The molecule has 11 heteroatoms. The van der Waals surface area contributed by atoms with E-state index in [0.29, 0.717) is 40.1 Å². The smallest absolute Gasteiger partial charge is 0.347 e. The lowest BCUT2D eigenvalue weighted by molar-refractivity contribution is 0.0599. The van der Waals surface area contributed by atoms with E-state index in [2.05, 4.69) is 39.3 Å². The number of carbonyl (C=O) groups excluding carboxylic acids is 1. The van der Waals surface area contributed by atoms with Crippen molar-refractivity contribution in [3.05, 3.63) is 52.0 Å². The van der Waals surface area contributed by atoms with Crippen LogP contribution in [0.2, 0.25) is 0 Å². The lowest BCUT2D eigenvalue weighted by Gasteiger charge is -2.37. The lowest BCUT2D eigenvalue weighted by Crippen LogP contribution is -2.37. The monoisotopic (exact) mass is 510 g/mol. The number of aryl methyl sites for hydroxylation is 1. The molecule has 4 rings (SSSR count). The quantitative estimate of drug-likeness (QED) is 0.366. The zero-order valence-electron chi connectivity index (χ0n) is 20.8. The van der Waals surface area contributed by atoms with Crippen molar-refractivity contribution in [2.45, 2.75) is 40.2 Å². The van der Waals surface area contributed by atoms with E-state index in [1.54, 1.807) is 19.1 Å². The first-order valence-corrected chi connectivity index (χ1v) is 12.5. The fourth-order valence-electron chi connectivity index (χ4n) is 3.90. The summed E-state index contributed by atoms with van der Waals surface area (Å²) in [5, 5.41) is 16.2. The lowest BCUT2D eigenvalue weighted by atomic mass is 9.83. The highest BCUT2D eigenvalue weighted by atomic mass is 32.1. The minimum Gasteiger partial charge on any atom is -0.477 e. The van der Waals surface area contributed by atoms with Crippen LogP contribution in [-0.4, -0.2) is 52.2 Å². The van der Waals surface area contributed by atoms with Crippen LogP contribution in [0.25, 0.3) is 0 Å². The molecule has 3 aromatic rings. The number of anilines is 4. The highest BCUT2D eigenvalue weighted by Gasteiger charge is 2.26. The van der Waals surface area contributed by atoms with Gasteiger partial charge in [-0.1, -0.05) is 37.3 Å². The molecular formula is C25H30N6O4S. The third kappa shape index (κ3) is 6.09. The Bertz CT molecular complexity index is 1250. The van der Waals surface area contributed by atoms with Crippen LogP contribution in [0.4, 0.5) is 22.7 Å². The fraction of sp³-hybridized carbons (Fsp3) is 0.400. The number of carboxylic acids is 1. The first-order chi connectivity index (χ1) is 17.1. The summed E-state index contributed by atoms with van der Waals surface area (Å²) in [5.41, 5.74) is 2.20. The molecule has 10 nitrogen and oxygen atoms in total. The number of aromatic carboxylic acids is 1. The molecule has 0 bridgehead atoms. The van der Waals surface area contributed by atoms with E-state index in [4.69, 9.17) is 9.72 Å². The number of methoxy groups -OCH3 is 1. The molecule has 0 unspecified atom stereocenters. The molecule has 0 amide bonds. The van der Waals surface area contributed by atoms with Gasteiger partial charge in [0.05, 0.1) is 18.4 Å². The number of benzene rings is 1. The van der Waals surface area contributed by atoms with Crippen LogP contribution in [0.15, 0.2) is 30.3 Å². The van der Waals surface area contributed by atoms with Crippen molar-refractivity contribution < 1.29 is 19.4 Å². The number of carboxylic acid groups (broad SMARTS) is 1. The zero-order chi connectivity index (χ0) is 25.9. The molecule has 1 aliphatic heterocycles. The third-order valence-electron chi connectivity index (χ3n) is 6.21. The Hall–Kier alpha value is -3.73. The Morgan fingerprint density at radius 1 is 1.14 bits per heavy atom. The van der Waals surface area contributed by atoms with Crippen molar-refractivity contribution in [1.29, 1.82) is 0 Å². The molecule has 1 saturated heterocycles. The second-order valence-corrected chi connectivity index (χ2v) is 10.5.